The maximum absolute atomic E-state index is 12.8. The Bertz CT molecular complexity index is 563. The van der Waals surface area contributed by atoms with Gasteiger partial charge in [0.1, 0.15) is 0 Å². The summed E-state index contributed by atoms with van der Waals surface area (Å²) in [6.45, 7) is 2.64. The third-order valence-electron chi connectivity index (χ3n) is 4.39. The number of anilines is 1. The first-order chi connectivity index (χ1) is 9.99. The molecule has 21 heavy (non-hydrogen) atoms. The summed E-state index contributed by atoms with van der Waals surface area (Å²) in [6.07, 6.45) is -2.19. The summed E-state index contributed by atoms with van der Waals surface area (Å²) in [5.41, 5.74) is -0.456. The van der Waals surface area contributed by atoms with E-state index >= 15 is 0 Å². The molecule has 0 aliphatic carbocycles. The molecule has 1 aromatic rings. The van der Waals surface area contributed by atoms with Gasteiger partial charge in [0.15, 0.2) is 0 Å². The van der Waals surface area contributed by atoms with Crippen LogP contribution in [0.15, 0.2) is 18.2 Å². The summed E-state index contributed by atoms with van der Waals surface area (Å²) in [7, 11) is 0. The highest BCUT2D eigenvalue weighted by molar-refractivity contribution is 5.56. The highest BCUT2D eigenvalue weighted by atomic mass is 19.4. The quantitative estimate of drug-likeness (QED) is 0.866. The van der Waals surface area contributed by atoms with Crippen molar-refractivity contribution in [1.82, 2.24) is 5.32 Å². The molecule has 6 heteroatoms. The minimum atomic E-state index is -4.48. The van der Waals surface area contributed by atoms with Crippen LogP contribution in [0.25, 0.3) is 0 Å². The fourth-order valence-corrected chi connectivity index (χ4v) is 3.33. The number of halogens is 3. The normalized spacial score (nSPS) is 25.5. The molecule has 0 spiro atoms. The number of nitrogens with zero attached hydrogens (tertiary/aromatic N) is 2. The average molecular weight is 295 g/mol. The van der Waals surface area contributed by atoms with Crippen LogP contribution in [0.2, 0.25) is 0 Å². The predicted molar refractivity (Wildman–Crippen MR) is 72.9 cm³/mol. The van der Waals surface area contributed by atoms with E-state index in [1.165, 1.54) is 12.1 Å². The molecule has 0 bridgehead atoms. The van der Waals surface area contributed by atoms with E-state index in [0.717, 1.165) is 38.5 Å². The Labute approximate surface area is 121 Å². The van der Waals surface area contributed by atoms with Crippen molar-refractivity contribution in [2.24, 2.45) is 5.92 Å². The van der Waals surface area contributed by atoms with Crippen LogP contribution >= 0.6 is 0 Å². The van der Waals surface area contributed by atoms with Gasteiger partial charge in [0.25, 0.3) is 0 Å². The van der Waals surface area contributed by atoms with E-state index in [-0.39, 0.29) is 5.56 Å². The van der Waals surface area contributed by atoms with E-state index in [2.05, 4.69) is 10.2 Å². The molecule has 0 amide bonds. The van der Waals surface area contributed by atoms with Crippen LogP contribution in [-0.2, 0) is 6.18 Å². The van der Waals surface area contributed by atoms with Crippen molar-refractivity contribution in [3.63, 3.8) is 0 Å². The second-order valence-corrected chi connectivity index (χ2v) is 5.71. The van der Waals surface area contributed by atoms with Crippen molar-refractivity contribution in [3.05, 3.63) is 29.3 Å². The van der Waals surface area contributed by atoms with Crippen LogP contribution in [0.5, 0.6) is 0 Å². The molecule has 2 atom stereocenters. The first-order valence-corrected chi connectivity index (χ1v) is 7.08. The second kappa shape index (κ2) is 5.23. The fourth-order valence-electron chi connectivity index (χ4n) is 3.33. The van der Waals surface area contributed by atoms with Crippen molar-refractivity contribution in [2.75, 3.05) is 24.5 Å². The van der Waals surface area contributed by atoms with Crippen molar-refractivity contribution in [3.8, 4) is 6.07 Å². The molecule has 2 heterocycles. The molecule has 0 saturated carbocycles. The van der Waals surface area contributed by atoms with Crippen LogP contribution < -0.4 is 10.2 Å². The van der Waals surface area contributed by atoms with Gasteiger partial charge in [0.05, 0.1) is 17.2 Å². The Morgan fingerprint density at radius 2 is 2.10 bits per heavy atom. The number of hydrogen-bond donors (Lipinski definition) is 1. The first-order valence-electron chi connectivity index (χ1n) is 7.08. The Kier molecular flexibility index (Phi) is 3.54. The fraction of sp³-hybridized carbons (Fsp3) is 0.533. The maximum Gasteiger partial charge on any atom is 0.417 e. The molecule has 3 rings (SSSR count). The van der Waals surface area contributed by atoms with Gasteiger partial charge in [-0.1, -0.05) is 0 Å². The number of hydrogen-bond acceptors (Lipinski definition) is 3. The Hall–Kier alpha value is -1.74. The van der Waals surface area contributed by atoms with Gasteiger partial charge in [0, 0.05) is 24.8 Å². The average Bonchev–Trinajstić information content (AvgIpc) is 2.89. The lowest BCUT2D eigenvalue weighted by molar-refractivity contribution is -0.137. The zero-order valence-corrected chi connectivity index (χ0v) is 11.5. The molecule has 0 unspecified atom stereocenters. The SMILES string of the molecule is N#Cc1cc(N2C[C@@H]3CCCN[C@@H]3C2)ccc1C(F)(F)F. The molecule has 0 aromatic heterocycles. The highest BCUT2D eigenvalue weighted by Crippen LogP contribution is 2.35. The third-order valence-corrected chi connectivity index (χ3v) is 4.39. The zero-order chi connectivity index (χ0) is 15.0. The molecule has 2 fully saturated rings. The number of nitrogens with one attached hydrogen (secondary N) is 1. The molecule has 0 radical (unpaired) electrons. The van der Waals surface area contributed by atoms with Gasteiger partial charge < -0.3 is 10.2 Å². The van der Waals surface area contributed by atoms with Crippen molar-refractivity contribution in [1.29, 1.82) is 5.26 Å². The number of piperidine rings is 1. The van der Waals surface area contributed by atoms with E-state index in [1.807, 2.05) is 0 Å². The standard InChI is InChI=1S/C15H16F3N3/c16-15(17,18)13-4-3-12(6-11(13)7-19)21-8-10-2-1-5-20-14(10)9-21/h3-4,6,10,14,20H,1-2,5,8-9H2/t10-,14+/m0/s1. The molecule has 1 aromatic carbocycles. The monoisotopic (exact) mass is 295 g/mol. The van der Waals surface area contributed by atoms with Gasteiger partial charge in [-0.25, -0.2) is 0 Å². The van der Waals surface area contributed by atoms with Crippen LogP contribution in [-0.4, -0.2) is 25.7 Å². The molecule has 2 aliphatic rings. The number of fused-ring (bicyclic) bond motifs is 1. The van der Waals surface area contributed by atoms with Gasteiger partial charge in [-0.2, -0.15) is 18.4 Å². The van der Waals surface area contributed by atoms with Crippen LogP contribution in [0.3, 0.4) is 0 Å². The lowest BCUT2D eigenvalue weighted by atomic mass is 9.94. The van der Waals surface area contributed by atoms with E-state index in [4.69, 9.17) is 5.26 Å². The summed E-state index contributed by atoms with van der Waals surface area (Å²) in [4.78, 5) is 2.08. The topological polar surface area (TPSA) is 39.1 Å². The second-order valence-electron chi connectivity index (χ2n) is 5.71. The number of benzene rings is 1. The lowest BCUT2D eigenvalue weighted by Crippen LogP contribution is -2.40. The summed E-state index contributed by atoms with van der Waals surface area (Å²) >= 11 is 0. The van der Waals surface area contributed by atoms with Crippen molar-refractivity contribution in [2.45, 2.75) is 25.1 Å². The van der Waals surface area contributed by atoms with E-state index < -0.39 is 11.7 Å². The number of rotatable bonds is 1. The lowest BCUT2D eigenvalue weighted by Gasteiger charge is -2.24. The number of alkyl halides is 3. The first kappa shape index (κ1) is 14.2. The van der Waals surface area contributed by atoms with E-state index in [1.54, 1.807) is 6.07 Å². The number of nitriles is 1. The van der Waals surface area contributed by atoms with Crippen LogP contribution in [0, 0.1) is 17.2 Å². The molecule has 1 N–H and O–H groups in total. The van der Waals surface area contributed by atoms with Gasteiger partial charge >= 0.3 is 6.18 Å². The summed E-state index contributed by atoms with van der Waals surface area (Å²) in [5.74, 6) is 0.548. The van der Waals surface area contributed by atoms with Crippen molar-refractivity contribution < 1.29 is 13.2 Å². The molecular weight excluding hydrogens is 279 g/mol. The minimum Gasteiger partial charge on any atom is -0.370 e. The van der Waals surface area contributed by atoms with Crippen LogP contribution in [0.1, 0.15) is 24.0 Å². The van der Waals surface area contributed by atoms with Gasteiger partial charge in [-0.15, -0.1) is 0 Å². The Morgan fingerprint density at radius 1 is 1.29 bits per heavy atom. The molecule has 112 valence electrons. The van der Waals surface area contributed by atoms with Crippen molar-refractivity contribution >= 4 is 5.69 Å². The zero-order valence-electron chi connectivity index (χ0n) is 11.5. The van der Waals surface area contributed by atoms with Gasteiger partial charge in [0.2, 0.25) is 0 Å². The van der Waals surface area contributed by atoms with E-state index in [0.29, 0.717) is 17.6 Å². The summed E-state index contributed by atoms with van der Waals surface area (Å²) in [6, 6.07) is 5.93. The molecular formula is C15H16F3N3. The molecule has 2 saturated heterocycles. The summed E-state index contributed by atoms with van der Waals surface area (Å²) < 4.78 is 38.4. The largest absolute Gasteiger partial charge is 0.417 e. The minimum absolute atomic E-state index is 0.303. The van der Waals surface area contributed by atoms with Crippen LogP contribution in [0.4, 0.5) is 18.9 Å². The molecule has 2 aliphatic heterocycles. The molecule has 3 nitrogen and oxygen atoms in total. The maximum atomic E-state index is 12.8. The summed E-state index contributed by atoms with van der Waals surface area (Å²) in [5, 5.41) is 12.4. The van der Waals surface area contributed by atoms with Gasteiger partial charge in [-0.05, 0) is 43.5 Å². The highest BCUT2D eigenvalue weighted by Gasteiger charge is 2.36. The smallest absolute Gasteiger partial charge is 0.370 e. The van der Waals surface area contributed by atoms with E-state index in [9.17, 15) is 13.2 Å². The van der Waals surface area contributed by atoms with Gasteiger partial charge in [-0.3, -0.25) is 0 Å². The third kappa shape index (κ3) is 2.70. The predicted octanol–water partition coefficient (Wildman–Crippen LogP) is 2.77. The Balaban J connectivity index is 1.86. The Morgan fingerprint density at radius 3 is 2.76 bits per heavy atom.